The van der Waals surface area contributed by atoms with Crippen LogP contribution in [0.1, 0.15) is 9.60 Å². The van der Waals surface area contributed by atoms with Gasteiger partial charge < -0.3 is 4.42 Å². The van der Waals surface area contributed by atoms with Crippen molar-refractivity contribution in [1.29, 1.82) is 0 Å². The largest absolute Gasteiger partial charge is 0.456 e. The summed E-state index contributed by atoms with van der Waals surface area (Å²) < 4.78 is 70.0. The summed E-state index contributed by atoms with van der Waals surface area (Å²) in [7, 11) is 0. The molecular weight excluding hydrogens is 569 g/mol. The molecule has 0 fully saturated rings. The Labute approximate surface area is 281 Å². The summed E-state index contributed by atoms with van der Waals surface area (Å²) in [5.41, 5.74) is 5.63. The van der Waals surface area contributed by atoms with Crippen molar-refractivity contribution in [1.82, 2.24) is 0 Å². The van der Waals surface area contributed by atoms with Gasteiger partial charge in [0.25, 0.3) is 0 Å². The molecule has 47 heavy (non-hydrogen) atoms. The van der Waals surface area contributed by atoms with Gasteiger partial charge in [0, 0.05) is 10.8 Å². The van der Waals surface area contributed by atoms with Crippen LogP contribution < -0.4 is 0 Å². The zero-order valence-corrected chi connectivity index (χ0v) is 25.0. The lowest BCUT2D eigenvalue weighted by atomic mass is 9.83. The fourth-order valence-corrected chi connectivity index (χ4v) is 7.26. The van der Waals surface area contributed by atoms with E-state index in [-0.39, 0.29) is 47.7 Å². The summed E-state index contributed by atoms with van der Waals surface area (Å²) in [6.07, 6.45) is 0. The number of benzene rings is 9. The first-order chi connectivity index (χ1) is 26.2. The molecule has 0 amide bonds. The Hall–Kier alpha value is -6.18. The standard InChI is InChI=1S/C46H28O/c1-2-12-29(13-3-1)33-23-24-40(35-17-7-6-16-34(33)35)46-38-20-10-8-18-36(38)45(37-19-9-11-21-39(37)46)32-22-25-43-41(27-32)42-26-30-14-4-5-15-31(30)28-44(42)47-43/h1-28H/i8D,9D,10D,11D,18D,19D,20D. The highest BCUT2D eigenvalue weighted by Crippen LogP contribution is 2.47. The van der Waals surface area contributed by atoms with Gasteiger partial charge in [-0.15, -0.1) is 0 Å². The van der Waals surface area contributed by atoms with E-state index in [9.17, 15) is 4.11 Å². The normalized spacial score (nSPS) is 13.9. The zero-order valence-electron chi connectivity index (χ0n) is 32.0. The third-order valence-electron chi connectivity index (χ3n) is 9.36. The Balaban J connectivity index is 1.39. The van der Waals surface area contributed by atoms with Gasteiger partial charge in [-0.25, -0.2) is 0 Å². The average molecular weight is 604 g/mol. The Morgan fingerprint density at radius 1 is 0.362 bits per heavy atom. The van der Waals surface area contributed by atoms with Crippen LogP contribution in [0.2, 0.25) is 0 Å². The van der Waals surface area contributed by atoms with Gasteiger partial charge in [-0.05, 0) is 101 Å². The molecule has 1 heterocycles. The lowest BCUT2D eigenvalue weighted by Crippen LogP contribution is -1.92. The summed E-state index contributed by atoms with van der Waals surface area (Å²) in [6, 6.07) is 39.6. The third kappa shape index (κ3) is 3.97. The van der Waals surface area contributed by atoms with Crippen LogP contribution >= 0.6 is 0 Å². The van der Waals surface area contributed by atoms with E-state index in [0.29, 0.717) is 49.6 Å². The molecule has 0 saturated heterocycles. The van der Waals surface area contributed by atoms with Crippen LogP contribution in [0.4, 0.5) is 0 Å². The van der Waals surface area contributed by atoms with Gasteiger partial charge in [-0.2, -0.15) is 0 Å². The van der Waals surface area contributed by atoms with E-state index in [1.165, 1.54) is 0 Å². The quantitative estimate of drug-likeness (QED) is 0.183. The van der Waals surface area contributed by atoms with E-state index in [2.05, 4.69) is 18.2 Å². The smallest absolute Gasteiger partial charge is 0.136 e. The molecule has 10 rings (SSSR count). The molecule has 0 spiro atoms. The van der Waals surface area contributed by atoms with Crippen molar-refractivity contribution in [3.63, 3.8) is 0 Å². The Morgan fingerprint density at radius 3 is 1.79 bits per heavy atom. The molecular formula is C46H28O. The van der Waals surface area contributed by atoms with Gasteiger partial charge in [-0.1, -0.05) is 145 Å². The van der Waals surface area contributed by atoms with Gasteiger partial charge >= 0.3 is 0 Å². The number of hydrogen-bond acceptors (Lipinski definition) is 1. The number of furan rings is 1. The third-order valence-corrected chi connectivity index (χ3v) is 9.36. The van der Waals surface area contributed by atoms with Crippen molar-refractivity contribution >= 4 is 65.0 Å². The SMILES string of the molecule is [2H]c1cc2c(-c3ccc(-c4ccccc4)c4ccccc34)c3c([2H])c([2H])c([2H])c([2H])c3c(-c3ccc4oc5cc6ccccc6cc5c4c3)c2c([2H])c1[2H]. The van der Waals surface area contributed by atoms with Gasteiger partial charge in [0.1, 0.15) is 11.2 Å². The van der Waals surface area contributed by atoms with E-state index in [0.717, 1.165) is 43.4 Å². The van der Waals surface area contributed by atoms with Crippen LogP contribution in [0.15, 0.2) is 174 Å². The summed E-state index contributed by atoms with van der Waals surface area (Å²) in [6.45, 7) is 0. The first-order valence-corrected chi connectivity index (χ1v) is 15.6. The number of fused-ring (bicyclic) bond motifs is 7. The lowest BCUT2D eigenvalue weighted by Gasteiger charge is -2.19. The van der Waals surface area contributed by atoms with Crippen molar-refractivity contribution in [3.05, 3.63) is 170 Å². The molecule has 9 aromatic carbocycles. The molecule has 0 atom stereocenters. The monoisotopic (exact) mass is 603 g/mol. The van der Waals surface area contributed by atoms with E-state index < -0.39 is 0 Å². The average Bonchev–Trinajstić information content (AvgIpc) is 3.56. The van der Waals surface area contributed by atoms with E-state index in [1.54, 1.807) is 6.07 Å². The minimum Gasteiger partial charge on any atom is -0.456 e. The first kappa shape index (κ1) is 20.0. The molecule has 0 aliphatic rings. The van der Waals surface area contributed by atoms with Crippen molar-refractivity contribution in [2.24, 2.45) is 0 Å². The van der Waals surface area contributed by atoms with Crippen LogP contribution in [0, 0.1) is 0 Å². The second-order valence-electron chi connectivity index (χ2n) is 11.9. The minimum atomic E-state index is -0.389. The van der Waals surface area contributed by atoms with Gasteiger partial charge in [-0.3, -0.25) is 0 Å². The van der Waals surface area contributed by atoms with Crippen molar-refractivity contribution in [2.75, 3.05) is 0 Å². The fourth-order valence-electron chi connectivity index (χ4n) is 7.26. The second kappa shape index (κ2) is 10.2. The summed E-state index contributed by atoms with van der Waals surface area (Å²) in [4.78, 5) is 0. The van der Waals surface area contributed by atoms with E-state index in [1.807, 2.05) is 103 Å². The summed E-state index contributed by atoms with van der Waals surface area (Å²) >= 11 is 0. The van der Waals surface area contributed by atoms with Gasteiger partial charge in [0.05, 0.1) is 9.60 Å². The molecule has 0 aliphatic carbocycles. The second-order valence-corrected chi connectivity index (χ2v) is 11.9. The van der Waals surface area contributed by atoms with Crippen LogP contribution in [0.3, 0.4) is 0 Å². The molecule has 0 radical (unpaired) electrons. The maximum absolute atomic E-state index is 9.44. The molecule has 0 N–H and O–H groups in total. The predicted octanol–water partition coefficient (Wildman–Crippen LogP) is 13.2. The topological polar surface area (TPSA) is 13.1 Å². The highest BCUT2D eigenvalue weighted by molar-refractivity contribution is 6.24. The Kier molecular flexibility index (Phi) is 4.34. The molecule has 0 aliphatic heterocycles. The maximum Gasteiger partial charge on any atom is 0.136 e. The number of hydrogen-bond donors (Lipinski definition) is 0. The molecule has 0 saturated carbocycles. The molecule has 10 aromatic rings. The van der Waals surface area contributed by atoms with Crippen LogP contribution in [0.25, 0.3) is 98.4 Å². The van der Waals surface area contributed by atoms with Gasteiger partial charge in [0.2, 0.25) is 0 Å². The fraction of sp³-hybridized carbons (Fsp3) is 0. The predicted molar refractivity (Wildman–Crippen MR) is 200 cm³/mol. The van der Waals surface area contributed by atoms with E-state index in [4.69, 9.17) is 9.90 Å². The highest BCUT2D eigenvalue weighted by Gasteiger charge is 2.20. The highest BCUT2D eigenvalue weighted by atomic mass is 16.3. The molecule has 0 bridgehead atoms. The van der Waals surface area contributed by atoms with E-state index >= 15 is 0 Å². The number of rotatable bonds is 3. The summed E-state index contributed by atoms with van der Waals surface area (Å²) in [5, 5.41) is 6.97. The molecule has 218 valence electrons. The Bertz CT molecular complexity index is 3240. The first-order valence-electron chi connectivity index (χ1n) is 19.1. The van der Waals surface area contributed by atoms with Crippen molar-refractivity contribution in [2.45, 2.75) is 0 Å². The van der Waals surface area contributed by atoms with Crippen LogP contribution in [-0.4, -0.2) is 0 Å². The van der Waals surface area contributed by atoms with Crippen molar-refractivity contribution < 1.29 is 14.0 Å². The zero-order chi connectivity index (χ0) is 37.0. The molecule has 1 nitrogen and oxygen atoms in total. The molecule has 0 unspecified atom stereocenters. The van der Waals surface area contributed by atoms with Crippen LogP contribution in [-0.2, 0) is 0 Å². The van der Waals surface area contributed by atoms with Crippen molar-refractivity contribution in [3.8, 4) is 33.4 Å². The minimum absolute atomic E-state index is 0.145. The van der Waals surface area contributed by atoms with Gasteiger partial charge in [0.15, 0.2) is 0 Å². The van der Waals surface area contributed by atoms with Crippen LogP contribution in [0.5, 0.6) is 0 Å². The molecule has 1 heteroatoms. The Morgan fingerprint density at radius 2 is 0.979 bits per heavy atom. The lowest BCUT2D eigenvalue weighted by molar-refractivity contribution is 0.669. The molecule has 1 aromatic heterocycles. The maximum atomic E-state index is 9.44. The summed E-state index contributed by atoms with van der Waals surface area (Å²) in [5.74, 6) is 0.